The van der Waals surface area contributed by atoms with E-state index in [1.807, 2.05) is 25.1 Å². The van der Waals surface area contributed by atoms with Gasteiger partial charge in [-0.1, -0.05) is 17.7 Å². The average molecular weight is 208 g/mol. The highest BCUT2D eigenvalue weighted by Crippen LogP contribution is 2.20. The zero-order chi connectivity index (χ0) is 11.4. The Bertz CT molecular complexity index is 364. The number of methoxy groups -OCH3 is 1. The van der Waals surface area contributed by atoms with Crippen molar-refractivity contribution >= 4 is 5.91 Å². The normalized spacial score (nSPS) is 12.2. The van der Waals surface area contributed by atoms with Gasteiger partial charge >= 0.3 is 0 Å². The number of benzene rings is 1. The zero-order valence-corrected chi connectivity index (χ0v) is 8.99. The van der Waals surface area contributed by atoms with Crippen molar-refractivity contribution in [3.05, 3.63) is 29.3 Å². The Balaban J connectivity index is 2.91. The van der Waals surface area contributed by atoms with E-state index in [2.05, 4.69) is 0 Å². The van der Waals surface area contributed by atoms with Gasteiger partial charge in [0.2, 0.25) is 5.91 Å². The van der Waals surface area contributed by atoms with Crippen LogP contribution in [0.4, 0.5) is 0 Å². The lowest BCUT2D eigenvalue weighted by Crippen LogP contribution is -2.38. The van der Waals surface area contributed by atoms with E-state index >= 15 is 0 Å². The van der Waals surface area contributed by atoms with Crippen LogP contribution in [0.3, 0.4) is 0 Å². The number of nitrogens with two attached hydrogens (primary N) is 2. The molecule has 4 heteroatoms. The van der Waals surface area contributed by atoms with E-state index in [1.165, 1.54) is 0 Å². The molecule has 4 N–H and O–H groups in total. The number of aryl methyl sites for hydroxylation is 1. The van der Waals surface area contributed by atoms with E-state index in [0.29, 0.717) is 6.42 Å². The number of carbonyl (C=O) groups excluding carboxylic acids is 1. The topological polar surface area (TPSA) is 78.3 Å². The third-order valence-electron chi connectivity index (χ3n) is 2.24. The van der Waals surface area contributed by atoms with Crippen molar-refractivity contribution in [2.75, 3.05) is 7.11 Å². The molecule has 0 aliphatic heterocycles. The summed E-state index contributed by atoms with van der Waals surface area (Å²) in [5.41, 5.74) is 12.7. The van der Waals surface area contributed by atoms with Crippen LogP contribution in [0.25, 0.3) is 0 Å². The minimum atomic E-state index is -0.666. The van der Waals surface area contributed by atoms with Crippen molar-refractivity contribution in [3.63, 3.8) is 0 Å². The van der Waals surface area contributed by atoms with Crippen LogP contribution in [-0.2, 0) is 11.2 Å². The molecule has 1 rings (SSSR count). The van der Waals surface area contributed by atoms with Gasteiger partial charge in [-0.25, -0.2) is 0 Å². The van der Waals surface area contributed by atoms with Crippen molar-refractivity contribution in [1.29, 1.82) is 0 Å². The van der Waals surface area contributed by atoms with Gasteiger partial charge in [-0.15, -0.1) is 0 Å². The van der Waals surface area contributed by atoms with Crippen LogP contribution in [0.5, 0.6) is 5.75 Å². The summed E-state index contributed by atoms with van der Waals surface area (Å²) in [7, 11) is 1.59. The van der Waals surface area contributed by atoms with E-state index in [1.54, 1.807) is 7.11 Å². The van der Waals surface area contributed by atoms with E-state index in [4.69, 9.17) is 16.2 Å². The molecule has 4 nitrogen and oxygen atoms in total. The van der Waals surface area contributed by atoms with Crippen LogP contribution in [0.1, 0.15) is 11.1 Å². The maximum Gasteiger partial charge on any atom is 0.234 e. The zero-order valence-electron chi connectivity index (χ0n) is 8.99. The largest absolute Gasteiger partial charge is 0.496 e. The molecule has 0 radical (unpaired) electrons. The average Bonchev–Trinajstić information content (AvgIpc) is 2.18. The smallest absolute Gasteiger partial charge is 0.234 e. The molecule has 1 amide bonds. The molecule has 15 heavy (non-hydrogen) atoms. The molecule has 1 unspecified atom stereocenters. The van der Waals surface area contributed by atoms with Crippen LogP contribution in [0, 0.1) is 6.92 Å². The van der Waals surface area contributed by atoms with E-state index < -0.39 is 11.9 Å². The number of primary amides is 1. The van der Waals surface area contributed by atoms with Crippen molar-refractivity contribution in [2.24, 2.45) is 11.5 Å². The third-order valence-corrected chi connectivity index (χ3v) is 2.24. The molecule has 1 aromatic rings. The molecule has 0 saturated heterocycles. The lowest BCUT2D eigenvalue weighted by molar-refractivity contribution is -0.119. The van der Waals surface area contributed by atoms with Crippen molar-refractivity contribution in [3.8, 4) is 5.75 Å². The predicted molar refractivity (Wildman–Crippen MR) is 58.6 cm³/mol. The second-order valence-corrected chi connectivity index (χ2v) is 3.53. The highest BCUT2D eigenvalue weighted by atomic mass is 16.5. The molecule has 0 bridgehead atoms. The summed E-state index contributed by atoms with van der Waals surface area (Å²) >= 11 is 0. The number of amides is 1. The van der Waals surface area contributed by atoms with Gasteiger partial charge in [-0.3, -0.25) is 4.79 Å². The first kappa shape index (κ1) is 11.5. The molecular weight excluding hydrogens is 192 g/mol. The highest BCUT2D eigenvalue weighted by molar-refractivity contribution is 5.80. The van der Waals surface area contributed by atoms with Crippen LogP contribution < -0.4 is 16.2 Å². The Morgan fingerprint density at radius 1 is 1.53 bits per heavy atom. The quantitative estimate of drug-likeness (QED) is 0.749. The summed E-state index contributed by atoms with van der Waals surface area (Å²) in [4.78, 5) is 10.8. The fourth-order valence-electron chi connectivity index (χ4n) is 1.40. The van der Waals surface area contributed by atoms with E-state index in [0.717, 1.165) is 16.9 Å². The number of rotatable bonds is 4. The predicted octanol–water partition coefficient (Wildman–Crippen LogP) is 0.359. The summed E-state index contributed by atoms with van der Waals surface area (Å²) in [5, 5.41) is 0. The molecule has 82 valence electrons. The summed E-state index contributed by atoms with van der Waals surface area (Å²) < 4.78 is 5.17. The van der Waals surface area contributed by atoms with Gasteiger partial charge in [0.1, 0.15) is 5.75 Å². The van der Waals surface area contributed by atoms with Crippen LogP contribution in [-0.4, -0.2) is 19.1 Å². The molecule has 0 aromatic heterocycles. The fourth-order valence-corrected chi connectivity index (χ4v) is 1.40. The number of hydrogen-bond donors (Lipinski definition) is 2. The third kappa shape index (κ3) is 2.95. The molecule has 1 aromatic carbocycles. The van der Waals surface area contributed by atoms with Gasteiger partial charge < -0.3 is 16.2 Å². The molecule has 0 fully saturated rings. The van der Waals surface area contributed by atoms with Gasteiger partial charge in [-0.2, -0.15) is 0 Å². The Morgan fingerprint density at radius 2 is 2.20 bits per heavy atom. The molecule has 1 atom stereocenters. The van der Waals surface area contributed by atoms with Gasteiger partial charge in [0, 0.05) is 6.42 Å². The standard InChI is InChI=1S/C11H16N2O2/c1-7-3-4-10(15-2)8(5-7)6-9(12)11(13)14/h3-5,9H,6,12H2,1-2H3,(H2,13,14). The summed E-state index contributed by atoms with van der Waals surface area (Å²) in [5.74, 6) is 0.232. The van der Waals surface area contributed by atoms with Gasteiger partial charge in [0.25, 0.3) is 0 Å². The molecule has 0 heterocycles. The first-order valence-corrected chi connectivity index (χ1v) is 4.73. The van der Waals surface area contributed by atoms with Gasteiger partial charge in [-0.05, 0) is 18.6 Å². The lowest BCUT2D eigenvalue weighted by Gasteiger charge is -2.12. The van der Waals surface area contributed by atoms with Crippen molar-refractivity contribution < 1.29 is 9.53 Å². The van der Waals surface area contributed by atoms with E-state index in [9.17, 15) is 4.79 Å². The molecular formula is C11H16N2O2. The van der Waals surface area contributed by atoms with E-state index in [-0.39, 0.29) is 0 Å². The Hall–Kier alpha value is -1.55. The fraction of sp³-hybridized carbons (Fsp3) is 0.364. The van der Waals surface area contributed by atoms with Crippen LogP contribution >= 0.6 is 0 Å². The first-order valence-electron chi connectivity index (χ1n) is 4.73. The highest BCUT2D eigenvalue weighted by Gasteiger charge is 2.13. The molecule has 0 aliphatic rings. The summed E-state index contributed by atoms with van der Waals surface area (Å²) in [6, 6.07) is 5.08. The Morgan fingerprint density at radius 3 is 2.73 bits per heavy atom. The molecule has 0 saturated carbocycles. The SMILES string of the molecule is COc1ccc(C)cc1CC(N)C(N)=O. The Kier molecular flexibility index (Phi) is 3.68. The van der Waals surface area contributed by atoms with Gasteiger partial charge in [0.15, 0.2) is 0 Å². The van der Waals surface area contributed by atoms with Crippen LogP contribution in [0.15, 0.2) is 18.2 Å². The van der Waals surface area contributed by atoms with Gasteiger partial charge in [0.05, 0.1) is 13.2 Å². The maximum atomic E-state index is 10.8. The lowest BCUT2D eigenvalue weighted by atomic mass is 10.0. The maximum absolute atomic E-state index is 10.8. The Labute approximate surface area is 89.2 Å². The summed E-state index contributed by atoms with van der Waals surface area (Å²) in [6.45, 7) is 1.97. The minimum absolute atomic E-state index is 0.403. The minimum Gasteiger partial charge on any atom is -0.496 e. The molecule has 0 spiro atoms. The van der Waals surface area contributed by atoms with Crippen molar-refractivity contribution in [1.82, 2.24) is 0 Å². The number of carbonyl (C=O) groups is 1. The van der Waals surface area contributed by atoms with Crippen LogP contribution in [0.2, 0.25) is 0 Å². The first-order chi connectivity index (χ1) is 7.04. The number of ether oxygens (including phenoxy) is 1. The summed E-state index contributed by atoms with van der Waals surface area (Å²) in [6.07, 6.45) is 0.403. The monoisotopic (exact) mass is 208 g/mol. The van der Waals surface area contributed by atoms with Crippen molar-refractivity contribution in [2.45, 2.75) is 19.4 Å². The molecule has 0 aliphatic carbocycles. The second-order valence-electron chi connectivity index (χ2n) is 3.53. The second kappa shape index (κ2) is 4.79. The number of hydrogen-bond acceptors (Lipinski definition) is 3.